The first-order chi connectivity index (χ1) is 12.2. The van der Waals surface area contributed by atoms with E-state index in [0.29, 0.717) is 24.5 Å². The Balaban J connectivity index is 1.62. The minimum absolute atomic E-state index is 0.00920. The molecule has 0 saturated heterocycles. The van der Waals surface area contributed by atoms with Crippen molar-refractivity contribution in [2.45, 2.75) is 13.0 Å². The van der Waals surface area contributed by atoms with Gasteiger partial charge < -0.3 is 14.8 Å². The molecular formula is C21H21NO3. The summed E-state index contributed by atoms with van der Waals surface area (Å²) in [5, 5.41) is 5.27. The van der Waals surface area contributed by atoms with Crippen molar-refractivity contribution in [3.05, 3.63) is 71.8 Å². The number of carbonyl (C=O) groups excluding carboxylic acids is 1. The highest BCUT2D eigenvalue weighted by atomic mass is 16.5. The molecule has 0 spiro atoms. The van der Waals surface area contributed by atoms with Gasteiger partial charge >= 0.3 is 0 Å². The Bertz CT molecular complexity index is 889. The van der Waals surface area contributed by atoms with Crippen LogP contribution >= 0.6 is 0 Å². The lowest BCUT2D eigenvalue weighted by Crippen LogP contribution is -2.24. The summed E-state index contributed by atoms with van der Waals surface area (Å²) < 4.78 is 10.5. The van der Waals surface area contributed by atoms with Crippen LogP contribution in [-0.4, -0.2) is 20.1 Å². The third-order valence-corrected chi connectivity index (χ3v) is 4.12. The molecule has 128 valence electrons. The van der Waals surface area contributed by atoms with Crippen molar-refractivity contribution < 1.29 is 14.3 Å². The normalized spacial score (nSPS) is 10.5. The van der Waals surface area contributed by atoms with Gasteiger partial charge in [-0.05, 0) is 34.0 Å². The minimum atomic E-state index is -0.00920. The van der Waals surface area contributed by atoms with Crippen LogP contribution in [0.1, 0.15) is 11.1 Å². The first kappa shape index (κ1) is 16.8. The van der Waals surface area contributed by atoms with Crippen molar-refractivity contribution in [3.63, 3.8) is 0 Å². The summed E-state index contributed by atoms with van der Waals surface area (Å²) in [4.78, 5) is 12.2. The third-order valence-electron chi connectivity index (χ3n) is 4.12. The van der Waals surface area contributed by atoms with E-state index in [2.05, 4.69) is 23.5 Å². The summed E-state index contributed by atoms with van der Waals surface area (Å²) in [6.07, 6.45) is 0.359. The predicted molar refractivity (Wildman–Crippen MR) is 99.0 cm³/mol. The van der Waals surface area contributed by atoms with E-state index in [9.17, 15) is 4.79 Å². The summed E-state index contributed by atoms with van der Waals surface area (Å²) in [6, 6.07) is 19.9. The average Bonchev–Trinajstić information content (AvgIpc) is 2.66. The number of amides is 1. The minimum Gasteiger partial charge on any atom is -0.493 e. The van der Waals surface area contributed by atoms with E-state index in [1.54, 1.807) is 14.2 Å². The van der Waals surface area contributed by atoms with Gasteiger partial charge in [0.05, 0.1) is 20.6 Å². The van der Waals surface area contributed by atoms with Crippen LogP contribution < -0.4 is 14.8 Å². The van der Waals surface area contributed by atoms with Crippen LogP contribution in [0.3, 0.4) is 0 Å². The zero-order chi connectivity index (χ0) is 17.6. The topological polar surface area (TPSA) is 47.6 Å². The molecule has 0 aliphatic carbocycles. The molecule has 3 aromatic rings. The number of hydrogen-bond acceptors (Lipinski definition) is 3. The van der Waals surface area contributed by atoms with Crippen LogP contribution in [0.2, 0.25) is 0 Å². The van der Waals surface area contributed by atoms with Crippen LogP contribution in [0.4, 0.5) is 0 Å². The molecule has 0 fully saturated rings. The summed E-state index contributed by atoms with van der Waals surface area (Å²) in [5.74, 6) is 1.32. The molecule has 0 aromatic heterocycles. The fourth-order valence-corrected chi connectivity index (χ4v) is 2.79. The molecule has 25 heavy (non-hydrogen) atoms. The van der Waals surface area contributed by atoms with Gasteiger partial charge in [-0.3, -0.25) is 4.79 Å². The lowest BCUT2D eigenvalue weighted by Gasteiger charge is -2.10. The van der Waals surface area contributed by atoms with Crippen molar-refractivity contribution in [1.82, 2.24) is 5.32 Å². The average molecular weight is 335 g/mol. The molecule has 4 heteroatoms. The highest BCUT2D eigenvalue weighted by Crippen LogP contribution is 2.27. The van der Waals surface area contributed by atoms with E-state index in [4.69, 9.17) is 9.47 Å². The fourth-order valence-electron chi connectivity index (χ4n) is 2.79. The molecule has 0 aliphatic heterocycles. The van der Waals surface area contributed by atoms with Gasteiger partial charge in [0.25, 0.3) is 0 Å². The van der Waals surface area contributed by atoms with Crippen molar-refractivity contribution in [2.24, 2.45) is 0 Å². The summed E-state index contributed by atoms with van der Waals surface area (Å²) >= 11 is 0. The fraction of sp³-hybridized carbons (Fsp3) is 0.190. The predicted octanol–water partition coefficient (Wildman–Crippen LogP) is 3.72. The van der Waals surface area contributed by atoms with Gasteiger partial charge in [-0.25, -0.2) is 0 Å². The molecule has 0 radical (unpaired) electrons. The molecule has 4 nitrogen and oxygen atoms in total. The SMILES string of the molecule is COc1ccc(CNC(=O)Cc2ccc3ccccc3c2)cc1OC. The van der Waals surface area contributed by atoms with Crippen LogP contribution in [0, 0.1) is 0 Å². The number of rotatable bonds is 6. The highest BCUT2D eigenvalue weighted by Gasteiger charge is 2.07. The molecule has 0 bridgehead atoms. The Morgan fingerprint density at radius 1 is 0.840 bits per heavy atom. The molecule has 0 atom stereocenters. The maximum Gasteiger partial charge on any atom is 0.224 e. The molecule has 1 amide bonds. The summed E-state index contributed by atoms with van der Waals surface area (Å²) in [7, 11) is 3.20. The Labute approximate surface area is 147 Å². The maximum atomic E-state index is 12.2. The zero-order valence-electron chi connectivity index (χ0n) is 14.4. The van der Waals surface area contributed by atoms with E-state index in [-0.39, 0.29) is 5.91 Å². The smallest absolute Gasteiger partial charge is 0.224 e. The summed E-state index contributed by atoms with van der Waals surface area (Å²) in [5.41, 5.74) is 1.97. The number of hydrogen-bond donors (Lipinski definition) is 1. The molecule has 0 saturated carbocycles. The van der Waals surface area contributed by atoms with E-state index in [1.165, 1.54) is 5.39 Å². The van der Waals surface area contributed by atoms with E-state index >= 15 is 0 Å². The first-order valence-electron chi connectivity index (χ1n) is 8.15. The quantitative estimate of drug-likeness (QED) is 0.747. The third kappa shape index (κ3) is 4.10. The second kappa shape index (κ2) is 7.71. The number of benzene rings is 3. The maximum absolute atomic E-state index is 12.2. The van der Waals surface area contributed by atoms with Crippen LogP contribution in [0.15, 0.2) is 60.7 Å². The lowest BCUT2D eigenvalue weighted by molar-refractivity contribution is -0.120. The van der Waals surface area contributed by atoms with Gasteiger partial charge in [0, 0.05) is 6.54 Å². The van der Waals surface area contributed by atoms with Crippen LogP contribution in [0.5, 0.6) is 11.5 Å². The van der Waals surface area contributed by atoms with E-state index in [1.807, 2.05) is 42.5 Å². The Morgan fingerprint density at radius 2 is 1.56 bits per heavy atom. The van der Waals surface area contributed by atoms with Crippen molar-refractivity contribution in [1.29, 1.82) is 0 Å². The van der Waals surface area contributed by atoms with Crippen LogP contribution in [-0.2, 0) is 17.8 Å². The van der Waals surface area contributed by atoms with Crippen LogP contribution in [0.25, 0.3) is 10.8 Å². The molecule has 0 unspecified atom stereocenters. The molecular weight excluding hydrogens is 314 g/mol. The second-order valence-electron chi connectivity index (χ2n) is 5.82. The Kier molecular flexibility index (Phi) is 5.19. The van der Waals surface area contributed by atoms with Crippen molar-refractivity contribution in [3.8, 4) is 11.5 Å². The van der Waals surface area contributed by atoms with Crippen molar-refractivity contribution in [2.75, 3.05) is 14.2 Å². The number of ether oxygens (including phenoxy) is 2. The highest BCUT2D eigenvalue weighted by molar-refractivity contribution is 5.85. The zero-order valence-corrected chi connectivity index (χ0v) is 14.4. The van der Waals surface area contributed by atoms with Gasteiger partial charge in [0.15, 0.2) is 11.5 Å². The number of methoxy groups -OCH3 is 2. The van der Waals surface area contributed by atoms with Crippen molar-refractivity contribution >= 4 is 16.7 Å². The van der Waals surface area contributed by atoms with Gasteiger partial charge in [0.1, 0.15) is 0 Å². The number of nitrogens with one attached hydrogen (secondary N) is 1. The van der Waals surface area contributed by atoms with E-state index < -0.39 is 0 Å². The monoisotopic (exact) mass is 335 g/mol. The number of fused-ring (bicyclic) bond motifs is 1. The Hall–Kier alpha value is -3.01. The molecule has 3 rings (SSSR count). The molecule has 0 aliphatic rings. The second-order valence-corrected chi connectivity index (χ2v) is 5.82. The van der Waals surface area contributed by atoms with Gasteiger partial charge in [0.2, 0.25) is 5.91 Å². The lowest BCUT2D eigenvalue weighted by atomic mass is 10.0. The van der Waals surface area contributed by atoms with Gasteiger partial charge in [-0.1, -0.05) is 48.5 Å². The Morgan fingerprint density at radius 3 is 2.32 bits per heavy atom. The largest absolute Gasteiger partial charge is 0.493 e. The van der Waals surface area contributed by atoms with E-state index in [0.717, 1.165) is 16.5 Å². The standard InChI is InChI=1S/C21H21NO3/c1-24-19-10-8-16(12-20(19)25-2)14-22-21(23)13-15-7-9-17-5-3-4-6-18(17)11-15/h3-12H,13-14H2,1-2H3,(H,22,23). The molecule has 3 aromatic carbocycles. The first-order valence-corrected chi connectivity index (χ1v) is 8.15. The van der Waals surface area contributed by atoms with Gasteiger partial charge in [-0.15, -0.1) is 0 Å². The summed E-state index contributed by atoms with van der Waals surface area (Å²) in [6.45, 7) is 0.451. The molecule has 1 N–H and O–H groups in total. The number of carbonyl (C=O) groups is 1. The molecule has 0 heterocycles. The van der Waals surface area contributed by atoms with Gasteiger partial charge in [-0.2, -0.15) is 0 Å².